The van der Waals surface area contributed by atoms with E-state index in [1.54, 1.807) is 13.2 Å². The topological polar surface area (TPSA) is 44.7 Å². The highest BCUT2D eigenvalue weighted by molar-refractivity contribution is 5.50. The summed E-state index contributed by atoms with van der Waals surface area (Å²) in [6, 6.07) is 5.73. The average Bonchev–Trinajstić information content (AvgIpc) is 2.41. The molecule has 0 aromatic heterocycles. The summed E-state index contributed by atoms with van der Waals surface area (Å²) in [5.41, 5.74) is 1.53. The second-order valence-electron chi connectivity index (χ2n) is 5.46. The number of aliphatic hydroxyl groups is 1. The van der Waals surface area contributed by atoms with Crippen LogP contribution in [0.4, 0.5) is 10.1 Å². The van der Waals surface area contributed by atoms with E-state index in [4.69, 9.17) is 4.74 Å². The first kappa shape index (κ1) is 16.2. The van der Waals surface area contributed by atoms with E-state index in [0.717, 1.165) is 24.9 Å². The molecule has 1 saturated carbocycles. The summed E-state index contributed by atoms with van der Waals surface area (Å²) in [4.78, 5) is 2.00. The molecule has 1 aromatic carbocycles. The molecule has 5 heteroatoms. The average molecular weight is 296 g/mol. The van der Waals surface area contributed by atoms with Crippen molar-refractivity contribution in [3.05, 3.63) is 29.6 Å². The van der Waals surface area contributed by atoms with Crippen LogP contribution in [0.3, 0.4) is 0 Å². The van der Waals surface area contributed by atoms with Crippen LogP contribution >= 0.6 is 0 Å². The summed E-state index contributed by atoms with van der Waals surface area (Å²) in [5.74, 6) is -0.207. The van der Waals surface area contributed by atoms with Crippen molar-refractivity contribution in [2.45, 2.75) is 31.8 Å². The van der Waals surface area contributed by atoms with Crippen LogP contribution in [0.1, 0.15) is 24.8 Å². The SMILES string of the molecule is COCCNCc1ccc(N(CCO)C2CCC2)c(F)c1. The minimum absolute atomic E-state index is 0.0518. The lowest BCUT2D eigenvalue weighted by Crippen LogP contribution is -2.42. The first-order valence-corrected chi connectivity index (χ1v) is 7.62. The first-order chi connectivity index (χ1) is 10.3. The Morgan fingerprint density at radius 1 is 1.43 bits per heavy atom. The molecule has 0 atom stereocenters. The number of nitrogens with zero attached hydrogens (tertiary/aromatic N) is 1. The van der Waals surface area contributed by atoms with E-state index in [9.17, 15) is 9.50 Å². The zero-order valence-corrected chi connectivity index (χ0v) is 12.6. The Morgan fingerprint density at radius 3 is 2.81 bits per heavy atom. The lowest BCUT2D eigenvalue weighted by atomic mass is 9.91. The van der Waals surface area contributed by atoms with Gasteiger partial charge in [0.1, 0.15) is 5.82 Å². The highest BCUT2D eigenvalue weighted by Gasteiger charge is 2.26. The van der Waals surface area contributed by atoms with E-state index < -0.39 is 0 Å². The summed E-state index contributed by atoms with van der Waals surface area (Å²) >= 11 is 0. The van der Waals surface area contributed by atoms with Crippen LogP contribution in [0, 0.1) is 5.82 Å². The summed E-state index contributed by atoms with van der Waals surface area (Å²) < 4.78 is 19.3. The van der Waals surface area contributed by atoms with Gasteiger partial charge >= 0.3 is 0 Å². The summed E-state index contributed by atoms with van der Waals surface area (Å²) in [6.07, 6.45) is 3.36. The van der Waals surface area contributed by atoms with Crippen LogP contribution in [-0.2, 0) is 11.3 Å². The number of nitrogens with one attached hydrogen (secondary N) is 1. The van der Waals surface area contributed by atoms with Gasteiger partial charge in [0.05, 0.1) is 18.9 Å². The number of hydrogen-bond acceptors (Lipinski definition) is 4. The largest absolute Gasteiger partial charge is 0.395 e. The normalized spacial score (nSPS) is 15.0. The van der Waals surface area contributed by atoms with Gasteiger partial charge in [-0.05, 0) is 37.0 Å². The smallest absolute Gasteiger partial charge is 0.146 e. The molecule has 2 rings (SSSR count). The minimum atomic E-state index is -0.207. The number of ether oxygens (including phenoxy) is 1. The highest BCUT2D eigenvalue weighted by Crippen LogP contribution is 2.31. The molecule has 1 aliphatic rings. The summed E-state index contributed by atoms with van der Waals surface area (Å²) in [7, 11) is 1.66. The van der Waals surface area contributed by atoms with E-state index >= 15 is 0 Å². The van der Waals surface area contributed by atoms with Gasteiger partial charge in [-0.3, -0.25) is 0 Å². The number of aliphatic hydroxyl groups excluding tert-OH is 1. The third-order valence-corrected chi connectivity index (χ3v) is 3.99. The molecule has 118 valence electrons. The molecule has 21 heavy (non-hydrogen) atoms. The second-order valence-corrected chi connectivity index (χ2v) is 5.46. The lowest BCUT2D eigenvalue weighted by molar-refractivity contribution is 0.199. The van der Waals surface area contributed by atoms with Gasteiger partial charge in [-0.1, -0.05) is 6.07 Å². The number of anilines is 1. The second kappa shape index (κ2) is 8.32. The molecule has 0 radical (unpaired) electrons. The van der Waals surface area contributed by atoms with Crippen LogP contribution in [0.2, 0.25) is 0 Å². The van der Waals surface area contributed by atoms with Crippen molar-refractivity contribution < 1.29 is 14.2 Å². The quantitative estimate of drug-likeness (QED) is 0.683. The fourth-order valence-electron chi connectivity index (χ4n) is 2.61. The molecule has 2 N–H and O–H groups in total. The lowest BCUT2D eigenvalue weighted by Gasteiger charge is -2.39. The van der Waals surface area contributed by atoms with Crippen molar-refractivity contribution in [2.75, 3.05) is 38.3 Å². The number of hydrogen-bond donors (Lipinski definition) is 2. The van der Waals surface area contributed by atoms with Gasteiger partial charge in [0, 0.05) is 32.8 Å². The van der Waals surface area contributed by atoms with Crippen molar-refractivity contribution in [3.63, 3.8) is 0 Å². The zero-order valence-electron chi connectivity index (χ0n) is 12.6. The summed E-state index contributed by atoms with van der Waals surface area (Å²) in [6.45, 7) is 2.57. The Labute approximate surface area is 125 Å². The van der Waals surface area contributed by atoms with Gasteiger partial charge in [0.2, 0.25) is 0 Å². The molecule has 0 aliphatic heterocycles. The van der Waals surface area contributed by atoms with E-state index in [1.807, 2.05) is 17.0 Å². The Balaban J connectivity index is 1.99. The molecule has 1 aromatic rings. The molecule has 0 bridgehead atoms. The third kappa shape index (κ3) is 4.40. The van der Waals surface area contributed by atoms with Gasteiger partial charge in [-0.2, -0.15) is 0 Å². The molecular weight excluding hydrogens is 271 g/mol. The number of halogens is 1. The standard InChI is InChI=1S/C16H25FN2O2/c1-21-10-7-18-12-13-5-6-16(15(17)11-13)19(8-9-20)14-3-2-4-14/h5-6,11,14,18,20H,2-4,7-10,12H2,1H3. The van der Waals surface area contributed by atoms with Crippen LogP contribution in [-0.4, -0.2) is 44.6 Å². The molecule has 0 saturated heterocycles. The molecule has 4 nitrogen and oxygen atoms in total. The predicted octanol–water partition coefficient (Wildman–Crippen LogP) is 1.91. The van der Waals surface area contributed by atoms with Gasteiger partial charge in [-0.15, -0.1) is 0 Å². The van der Waals surface area contributed by atoms with Gasteiger partial charge in [-0.25, -0.2) is 4.39 Å². The molecule has 0 unspecified atom stereocenters. The molecule has 1 fully saturated rings. The van der Waals surface area contributed by atoms with Gasteiger partial charge < -0.3 is 20.1 Å². The minimum Gasteiger partial charge on any atom is -0.395 e. The van der Waals surface area contributed by atoms with Crippen molar-refractivity contribution >= 4 is 5.69 Å². The number of rotatable bonds is 9. The van der Waals surface area contributed by atoms with Crippen LogP contribution in [0.25, 0.3) is 0 Å². The van der Waals surface area contributed by atoms with Crippen LogP contribution < -0.4 is 10.2 Å². The maximum Gasteiger partial charge on any atom is 0.146 e. The Bertz CT molecular complexity index is 438. The van der Waals surface area contributed by atoms with E-state index in [0.29, 0.717) is 31.4 Å². The monoisotopic (exact) mass is 296 g/mol. The molecule has 0 spiro atoms. The van der Waals surface area contributed by atoms with Crippen LogP contribution in [0.5, 0.6) is 0 Å². The Kier molecular flexibility index (Phi) is 6.42. The third-order valence-electron chi connectivity index (χ3n) is 3.99. The van der Waals surface area contributed by atoms with Crippen molar-refractivity contribution in [1.82, 2.24) is 5.32 Å². The maximum atomic E-state index is 14.3. The predicted molar refractivity (Wildman–Crippen MR) is 82.1 cm³/mol. The fourth-order valence-corrected chi connectivity index (χ4v) is 2.61. The zero-order chi connectivity index (χ0) is 15.1. The van der Waals surface area contributed by atoms with Gasteiger partial charge in [0.15, 0.2) is 0 Å². The molecule has 1 aliphatic carbocycles. The van der Waals surface area contributed by atoms with E-state index in [2.05, 4.69) is 5.32 Å². The maximum absolute atomic E-state index is 14.3. The Hall–Kier alpha value is -1.17. The molecule has 0 amide bonds. The highest BCUT2D eigenvalue weighted by atomic mass is 19.1. The van der Waals surface area contributed by atoms with Crippen molar-refractivity contribution in [2.24, 2.45) is 0 Å². The Morgan fingerprint density at radius 2 is 2.24 bits per heavy atom. The van der Waals surface area contributed by atoms with Gasteiger partial charge in [0.25, 0.3) is 0 Å². The first-order valence-electron chi connectivity index (χ1n) is 7.62. The molecule has 0 heterocycles. The summed E-state index contributed by atoms with van der Waals surface area (Å²) in [5, 5.41) is 12.4. The fraction of sp³-hybridized carbons (Fsp3) is 0.625. The van der Waals surface area contributed by atoms with Crippen LogP contribution in [0.15, 0.2) is 18.2 Å². The van der Waals surface area contributed by atoms with Crippen molar-refractivity contribution in [3.8, 4) is 0 Å². The number of methoxy groups -OCH3 is 1. The van der Waals surface area contributed by atoms with Crippen molar-refractivity contribution in [1.29, 1.82) is 0 Å². The van der Waals surface area contributed by atoms with E-state index in [-0.39, 0.29) is 12.4 Å². The molecular formula is C16H25FN2O2. The number of benzene rings is 1. The van der Waals surface area contributed by atoms with E-state index in [1.165, 1.54) is 6.42 Å².